The number of benzene rings is 1. The van der Waals surface area contributed by atoms with Crippen LogP contribution in [0.4, 0.5) is 0 Å². The molecule has 1 N–H and O–H groups in total. The molecule has 0 aliphatic carbocycles. The van der Waals surface area contributed by atoms with Crippen LogP contribution in [0.25, 0.3) is 11.1 Å². The Kier molecular flexibility index (Phi) is 1.58. The lowest BCUT2D eigenvalue weighted by Gasteiger charge is -1.93. The third-order valence-electron chi connectivity index (χ3n) is 1.69. The first kappa shape index (κ1) is 7.61. The smallest absolute Gasteiger partial charge is 0.408 e. The molecule has 0 unspecified atom stereocenters. The first-order valence-electron chi connectivity index (χ1n) is 3.46. The van der Waals surface area contributed by atoms with Crippen molar-refractivity contribution in [3.05, 3.63) is 32.7 Å². The first-order chi connectivity index (χ1) is 5.66. The molecule has 1 aromatic carbocycles. The van der Waals surface area contributed by atoms with Crippen molar-refractivity contribution >= 4 is 27.0 Å². The summed E-state index contributed by atoms with van der Waals surface area (Å²) in [5.74, 6) is -0.411. The van der Waals surface area contributed by atoms with E-state index in [-0.39, 0.29) is 0 Å². The molecule has 0 bridgehead atoms. The van der Waals surface area contributed by atoms with E-state index in [1.807, 2.05) is 13.0 Å². The molecule has 4 heteroatoms. The van der Waals surface area contributed by atoms with E-state index in [0.717, 1.165) is 15.6 Å². The molecule has 0 aliphatic rings. The lowest BCUT2D eigenvalue weighted by atomic mass is 10.2. The number of oxazole rings is 1. The minimum atomic E-state index is -0.411. The van der Waals surface area contributed by atoms with Gasteiger partial charge in [0.1, 0.15) is 0 Å². The van der Waals surface area contributed by atoms with Gasteiger partial charge in [-0.1, -0.05) is 15.9 Å². The van der Waals surface area contributed by atoms with Gasteiger partial charge < -0.3 is 4.42 Å². The quantitative estimate of drug-likeness (QED) is 0.751. The van der Waals surface area contributed by atoms with Crippen LogP contribution in [-0.4, -0.2) is 4.98 Å². The third-order valence-corrected chi connectivity index (χ3v) is 2.15. The molecule has 3 nitrogen and oxygen atoms in total. The van der Waals surface area contributed by atoms with Crippen molar-refractivity contribution in [2.45, 2.75) is 6.92 Å². The fourth-order valence-corrected chi connectivity index (χ4v) is 1.73. The summed E-state index contributed by atoms with van der Waals surface area (Å²) >= 11 is 3.32. The van der Waals surface area contributed by atoms with E-state index in [1.165, 1.54) is 0 Å². The fraction of sp³-hybridized carbons (Fsp3) is 0.125. The van der Waals surface area contributed by atoms with Crippen molar-refractivity contribution in [3.8, 4) is 0 Å². The Hall–Kier alpha value is -1.03. The van der Waals surface area contributed by atoms with Gasteiger partial charge in [-0.2, -0.15) is 0 Å². The van der Waals surface area contributed by atoms with Crippen molar-refractivity contribution in [1.29, 1.82) is 0 Å². The molecular formula is C8H6BrNO2. The van der Waals surface area contributed by atoms with E-state index >= 15 is 0 Å². The SMILES string of the molecule is Cc1cc(Br)cc2oc(=O)[nH]c12. The van der Waals surface area contributed by atoms with Crippen molar-refractivity contribution in [2.75, 3.05) is 0 Å². The van der Waals surface area contributed by atoms with Crippen LogP contribution in [0.3, 0.4) is 0 Å². The van der Waals surface area contributed by atoms with Gasteiger partial charge in [0.15, 0.2) is 5.58 Å². The van der Waals surface area contributed by atoms with Gasteiger partial charge in [0.05, 0.1) is 5.52 Å². The number of nitrogens with one attached hydrogen (secondary N) is 1. The van der Waals surface area contributed by atoms with Crippen molar-refractivity contribution in [3.63, 3.8) is 0 Å². The molecule has 2 rings (SSSR count). The summed E-state index contributed by atoms with van der Waals surface area (Å²) in [6.07, 6.45) is 0. The molecule has 0 fully saturated rings. The molecule has 0 saturated carbocycles. The highest BCUT2D eigenvalue weighted by atomic mass is 79.9. The van der Waals surface area contributed by atoms with E-state index in [0.29, 0.717) is 5.58 Å². The van der Waals surface area contributed by atoms with Gasteiger partial charge in [-0.3, -0.25) is 4.98 Å². The zero-order chi connectivity index (χ0) is 8.72. The Labute approximate surface area is 76.5 Å². The maximum Gasteiger partial charge on any atom is 0.417 e. The summed E-state index contributed by atoms with van der Waals surface area (Å²) in [6, 6.07) is 3.69. The third kappa shape index (κ3) is 1.08. The number of rotatable bonds is 0. The van der Waals surface area contributed by atoms with Crippen LogP contribution in [0, 0.1) is 6.92 Å². The van der Waals surface area contributed by atoms with Gasteiger partial charge >= 0.3 is 5.76 Å². The highest BCUT2D eigenvalue weighted by molar-refractivity contribution is 9.10. The Bertz CT molecular complexity index is 483. The molecule has 1 aromatic heterocycles. The summed E-state index contributed by atoms with van der Waals surface area (Å²) in [5.41, 5.74) is 2.35. The molecular weight excluding hydrogens is 222 g/mol. The fourth-order valence-electron chi connectivity index (χ4n) is 1.18. The zero-order valence-electron chi connectivity index (χ0n) is 6.35. The van der Waals surface area contributed by atoms with Crippen molar-refractivity contribution in [1.82, 2.24) is 4.98 Å². The maximum absolute atomic E-state index is 10.8. The highest BCUT2D eigenvalue weighted by Crippen LogP contribution is 2.20. The second-order valence-electron chi connectivity index (χ2n) is 2.61. The predicted octanol–water partition coefficient (Wildman–Crippen LogP) is 2.19. The molecule has 0 aliphatic heterocycles. The number of aryl methyl sites for hydroxylation is 1. The Morgan fingerprint density at radius 2 is 2.25 bits per heavy atom. The number of halogens is 1. The molecule has 0 atom stereocenters. The van der Waals surface area contributed by atoms with Crippen LogP contribution in [0.2, 0.25) is 0 Å². The van der Waals surface area contributed by atoms with Gasteiger partial charge in [0.25, 0.3) is 0 Å². The zero-order valence-corrected chi connectivity index (χ0v) is 7.94. The van der Waals surface area contributed by atoms with Gasteiger partial charge in [-0.15, -0.1) is 0 Å². The number of aromatic nitrogens is 1. The normalized spacial score (nSPS) is 10.8. The van der Waals surface area contributed by atoms with Crippen LogP contribution < -0.4 is 5.76 Å². The standard InChI is InChI=1S/C8H6BrNO2/c1-4-2-5(9)3-6-7(4)10-8(11)12-6/h2-3H,1H3,(H,10,11). The maximum atomic E-state index is 10.8. The summed E-state index contributed by atoms with van der Waals surface area (Å²) in [7, 11) is 0. The topological polar surface area (TPSA) is 46.0 Å². The van der Waals surface area contributed by atoms with Crippen LogP contribution in [0.1, 0.15) is 5.56 Å². The van der Waals surface area contributed by atoms with Gasteiger partial charge in [0.2, 0.25) is 0 Å². The lowest BCUT2D eigenvalue weighted by molar-refractivity contribution is 0.555. The number of H-pyrrole nitrogens is 1. The molecule has 0 spiro atoms. The van der Waals surface area contributed by atoms with Gasteiger partial charge in [0, 0.05) is 4.47 Å². The van der Waals surface area contributed by atoms with E-state index < -0.39 is 5.76 Å². The van der Waals surface area contributed by atoms with Crippen molar-refractivity contribution < 1.29 is 4.42 Å². The number of hydrogen-bond donors (Lipinski definition) is 1. The molecule has 62 valence electrons. The molecule has 0 saturated heterocycles. The summed E-state index contributed by atoms with van der Waals surface area (Å²) in [6.45, 7) is 1.92. The predicted molar refractivity (Wildman–Crippen MR) is 49.3 cm³/mol. The van der Waals surface area contributed by atoms with E-state index in [4.69, 9.17) is 4.42 Å². The van der Waals surface area contributed by atoms with E-state index in [1.54, 1.807) is 6.07 Å². The second kappa shape index (κ2) is 2.48. The molecule has 0 amide bonds. The van der Waals surface area contributed by atoms with Crippen LogP contribution >= 0.6 is 15.9 Å². The number of hydrogen-bond acceptors (Lipinski definition) is 2. The Morgan fingerprint density at radius 3 is 3.00 bits per heavy atom. The average Bonchev–Trinajstić information content (AvgIpc) is 2.29. The average molecular weight is 228 g/mol. The minimum Gasteiger partial charge on any atom is -0.408 e. The summed E-state index contributed by atoms with van der Waals surface area (Å²) in [4.78, 5) is 13.4. The van der Waals surface area contributed by atoms with Gasteiger partial charge in [-0.25, -0.2) is 4.79 Å². The minimum absolute atomic E-state index is 0.411. The van der Waals surface area contributed by atoms with Crippen LogP contribution in [-0.2, 0) is 0 Å². The van der Waals surface area contributed by atoms with Crippen molar-refractivity contribution in [2.24, 2.45) is 0 Å². The lowest BCUT2D eigenvalue weighted by Crippen LogP contribution is -1.93. The second-order valence-corrected chi connectivity index (χ2v) is 3.53. The highest BCUT2D eigenvalue weighted by Gasteiger charge is 2.04. The van der Waals surface area contributed by atoms with Crippen LogP contribution in [0.5, 0.6) is 0 Å². The summed E-state index contributed by atoms with van der Waals surface area (Å²) < 4.78 is 5.80. The molecule has 0 radical (unpaired) electrons. The van der Waals surface area contributed by atoms with E-state index in [2.05, 4.69) is 20.9 Å². The van der Waals surface area contributed by atoms with Crippen LogP contribution in [0.15, 0.2) is 25.8 Å². The molecule has 1 heterocycles. The Balaban J connectivity index is 2.97. The molecule has 2 aromatic rings. The van der Waals surface area contributed by atoms with E-state index in [9.17, 15) is 4.79 Å². The Morgan fingerprint density at radius 1 is 1.50 bits per heavy atom. The monoisotopic (exact) mass is 227 g/mol. The summed E-state index contributed by atoms with van der Waals surface area (Å²) in [5, 5.41) is 0. The van der Waals surface area contributed by atoms with Gasteiger partial charge in [-0.05, 0) is 24.6 Å². The largest absolute Gasteiger partial charge is 0.417 e. The first-order valence-corrected chi connectivity index (χ1v) is 4.25. The number of fused-ring (bicyclic) bond motifs is 1. The number of aromatic amines is 1. The molecule has 12 heavy (non-hydrogen) atoms.